The number of carbonyl (C=O) groups excluding carboxylic acids is 3. The summed E-state index contributed by atoms with van der Waals surface area (Å²) in [5.74, 6) is 0.234. The Morgan fingerprint density at radius 2 is 1.82 bits per heavy atom. The van der Waals surface area contributed by atoms with E-state index in [1.807, 2.05) is 44.2 Å². The quantitative estimate of drug-likeness (QED) is 0.422. The molecule has 1 aliphatic carbocycles. The zero-order chi connectivity index (χ0) is 27.8. The summed E-state index contributed by atoms with van der Waals surface area (Å²) in [6, 6.07) is 9.35. The van der Waals surface area contributed by atoms with E-state index < -0.39 is 24.4 Å². The van der Waals surface area contributed by atoms with Gasteiger partial charge in [-0.2, -0.15) is 5.06 Å². The Morgan fingerprint density at radius 1 is 1.08 bits per heavy atom. The van der Waals surface area contributed by atoms with Crippen LogP contribution in [0, 0.1) is 11.8 Å². The highest BCUT2D eigenvalue weighted by Crippen LogP contribution is 2.32. The first kappa shape index (κ1) is 29.3. The van der Waals surface area contributed by atoms with E-state index in [0.29, 0.717) is 44.9 Å². The second-order valence-electron chi connectivity index (χ2n) is 11.7. The summed E-state index contributed by atoms with van der Waals surface area (Å²) < 4.78 is 5.79. The van der Waals surface area contributed by atoms with Crippen LogP contribution < -0.4 is 5.73 Å². The van der Waals surface area contributed by atoms with E-state index in [2.05, 4.69) is 0 Å². The van der Waals surface area contributed by atoms with Crippen LogP contribution in [0.5, 0.6) is 0 Å². The summed E-state index contributed by atoms with van der Waals surface area (Å²) in [7, 11) is 0. The van der Waals surface area contributed by atoms with E-state index in [-0.39, 0.29) is 24.3 Å². The largest absolute Gasteiger partial charge is 0.448 e. The molecule has 39 heavy (non-hydrogen) atoms. The Labute approximate surface area is 232 Å². The van der Waals surface area contributed by atoms with E-state index in [1.165, 1.54) is 11.5 Å². The van der Waals surface area contributed by atoms with E-state index in [9.17, 15) is 14.4 Å². The normalized spacial score (nSPS) is 24.3. The number of piperazine rings is 1. The number of rotatable bonds is 11. The van der Waals surface area contributed by atoms with Crippen molar-refractivity contribution in [2.75, 3.05) is 26.2 Å². The van der Waals surface area contributed by atoms with Crippen molar-refractivity contribution < 1.29 is 24.0 Å². The molecule has 0 spiro atoms. The summed E-state index contributed by atoms with van der Waals surface area (Å²) in [5.41, 5.74) is 6.87. The Hall–Kier alpha value is -2.65. The van der Waals surface area contributed by atoms with Crippen LogP contribution >= 0.6 is 0 Å². The molecule has 1 saturated carbocycles. The fourth-order valence-corrected chi connectivity index (χ4v) is 6.02. The molecule has 4 rings (SSSR count). The number of hydrogen-bond donors (Lipinski definition) is 1. The van der Waals surface area contributed by atoms with Crippen molar-refractivity contribution in [2.45, 2.75) is 96.4 Å². The van der Waals surface area contributed by atoms with Crippen LogP contribution in [0.15, 0.2) is 30.3 Å². The summed E-state index contributed by atoms with van der Waals surface area (Å²) in [4.78, 5) is 50.6. The number of hydrogen-bond acceptors (Lipinski definition) is 6. The molecule has 2 saturated heterocycles. The predicted octanol–water partition coefficient (Wildman–Crippen LogP) is 4.10. The molecule has 2 aliphatic heterocycles. The molecule has 216 valence electrons. The van der Waals surface area contributed by atoms with Crippen molar-refractivity contribution in [1.82, 2.24) is 14.9 Å². The lowest BCUT2D eigenvalue weighted by molar-refractivity contribution is -0.269. The molecule has 1 aromatic rings. The molecule has 0 bridgehead atoms. The van der Waals surface area contributed by atoms with Gasteiger partial charge in [-0.1, -0.05) is 63.4 Å². The molecule has 3 amide bonds. The third-order valence-corrected chi connectivity index (χ3v) is 8.16. The number of nitrogens with zero attached hydrogens (tertiary/aromatic N) is 3. The zero-order valence-corrected chi connectivity index (χ0v) is 23.6. The topological polar surface area (TPSA) is 105 Å². The maximum atomic E-state index is 13.8. The van der Waals surface area contributed by atoms with Gasteiger partial charge >= 0.3 is 6.09 Å². The molecule has 2 N–H and O–H groups in total. The average molecular weight is 543 g/mol. The van der Waals surface area contributed by atoms with Crippen LogP contribution in [-0.2, 0) is 25.6 Å². The Kier molecular flexibility index (Phi) is 10.6. The van der Waals surface area contributed by atoms with Gasteiger partial charge in [-0.3, -0.25) is 14.4 Å². The molecule has 3 atom stereocenters. The molecule has 9 heteroatoms. The monoisotopic (exact) mass is 542 g/mol. The van der Waals surface area contributed by atoms with Gasteiger partial charge in [0.05, 0.1) is 13.2 Å². The first-order valence-corrected chi connectivity index (χ1v) is 14.9. The van der Waals surface area contributed by atoms with Crippen molar-refractivity contribution in [1.29, 1.82) is 0 Å². The van der Waals surface area contributed by atoms with E-state index in [0.717, 1.165) is 44.1 Å². The highest BCUT2D eigenvalue weighted by Gasteiger charge is 2.53. The fourth-order valence-electron chi connectivity index (χ4n) is 6.02. The predicted molar refractivity (Wildman–Crippen MR) is 148 cm³/mol. The average Bonchev–Trinajstić information content (AvgIpc) is 2.94. The maximum Gasteiger partial charge on any atom is 0.436 e. The molecular formula is C30H46N4O5. The van der Waals surface area contributed by atoms with Crippen molar-refractivity contribution in [2.24, 2.45) is 17.6 Å². The minimum Gasteiger partial charge on any atom is -0.448 e. The molecule has 0 radical (unpaired) electrons. The van der Waals surface area contributed by atoms with Crippen molar-refractivity contribution in [3.05, 3.63) is 35.9 Å². The van der Waals surface area contributed by atoms with Gasteiger partial charge in [-0.05, 0) is 68.9 Å². The van der Waals surface area contributed by atoms with Crippen molar-refractivity contribution in [3.8, 4) is 0 Å². The number of carbonyl (C=O) groups is 3. The van der Waals surface area contributed by atoms with E-state index in [1.54, 1.807) is 9.80 Å². The molecule has 1 aromatic carbocycles. The number of fused-ring (bicyclic) bond motifs is 1. The smallest absolute Gasteiger partial charge is 0.436 e. The third kappa shape index (κ3) is 7.51. The molecule has 0 aromatic heterocycles. The number of hydroxylamine groups is 2. The second kappa shape index (κ2) is 14.1. The fraction of sp³-hybridized carbons (Fsp3) is 0.700. The number of ether oxygens (including phenoxy) is 1. The van der Waals surface area contributed by atoms with E-state index in [4.69, 9.17) is 15.3 Å². The lowest BCUT2D eigenvalue weighted by Crippen LogP contribution is -2.73. The first-order chi connectivity index (χ1) is 18.9. The van der Waals surface area contributed by atoms with Gasteiger partial charge in [-0.15, -0.1) is 0 Å². The third-order valence-electron chi connectivity index (χ3n) is 8.16. The van der Waals surface area contributed by atoms with Gasteiger partial charge in [0.15, 0.2) is 12.3 Å². The number of amides is 3. The van der Waals surface area contributed by atoms with Gasteiger partial charge < -0.3 is 20.3 Å². The molecular weight excluding hydrogens is 496 g/mol. The highest BCUT2D eigenvalue weighted by atomic mass is 16.7. The lowest BCUT2D eigenvalue weighted by Gasteiger charge is -2.52. The van der Waals surface area contributed by atoms with Gasteiger partial charge in [-0.25, -0.2) is 4.79 Å². The molecule has 9 nitrogen and oxygen atoms in total. The number of unbranched alkanes of at least 4 members (excludes halogenated alkanes) is 1. The molecule has 3 aliphatic rings. The zero-order valence-electron chi connectivity index (χ0n) is 23.6. The summed E-state index contributed by atoms with van der Waals surface area (Å²) >= 11 is 0. The minimum absolute atomic E-state index is 0.0757. The summed E-state index contributed by atoms with van der Waals surface area (Å²) in [6.07, 6.45) is 6.66. The SMILES string of the molecule is CC(C)C[C@@H]1ON(C(=O)OCC2CCCCC2)[C@H]2CN(CCc3ccccc3)C(=O)[C@H](CCCCN)N2C1=O. The standard InChI is InChI=1S/C30H46N4O5/c1-22(2)19-26-29(36)33-25(15-9-10-17-31)28(35)32(18-16-23-11-5-3-6-12-23)20-27(33)34(39-26)30(37)38-21-24-13-7-4-8-14-24/h3,5-6,11-12,22,24-27H,4,7-10,13-21,31H2,1-2H3/t25-,26-,27-/m0/s1. The van der Waals surface area contributed by atoms with Crippen LogP contribution in [0.2, 0.25) is 0 Å². The molecule has 2 heterocycles. The van der Waals surface area contributed by atoms with Gasteiger partial charge in [0.25, 0.3) is 5.91 Å². The summed E-state index contributed by atoms with van der Waals surface area (Å²) in [6.45, 7) is 5.59. The summed E-state index contributed by atoms with van der Waals surface area (Å²) in [5, 5.41) is 1.26. The maximum absolute atomic E-state index is 13.8. The van der Waals surface area contributed by atoms with Crippen molar-refractivity contribution in [3.63, 3.8) is 0 Å². The number of nitrogens with two attached hydrogens (primary N) is 1. The first-order valence-electron chi connectivity index (χ1n) is 14.9. The van der Waals surface area contributed by atoms with Gasteiger partial charge in [0, 0.05) is 6.54 Å². The van der Waals surface area contributed by atoms with Crippen LogP contribution in [-0.4, -0.2) is 77.3 Å². The number of benzene rings is 1. The van der Waals surface area contributed by atoms with Crippen LogP contribution in [0.3, 0.4) is 0 Å². The Balaban J connectivity index is 1.57. The van der Waals surface area contributed by atoms with Crippen LogP contribution in [0.4, 0.5) is 4.79 Å². The lowest BCUT2D eigenvalue weighted by atomic mass is 9.90. The van der Waals surface area contributed by atoms with Crippen LogP contribution in [0.25, 0.3) is 0 Å². The van der Waals surface area contributed by atoms with Crippen LogP contribution in [0.1, 0.15) is 77.2 Å². The highest BCUT2D eigenvalue weighted by molar-refractivity contribution is 5.92. The van der Waals surface area contributed by atoms with Gasteiger partial charge in [0.2, 0.25) is 5.91 Å². The van der Waals surface area contributed by atoms with E-state index >= 15 is 0 Å². The van der Waals surface area contributed by atoms with Crippen molar-refractivity contribution >= 4 is 17.9 Å². The minimum atomic E-state index is -0.829. The molecule has 0 unspecified atom stereocenters. The second-order valence-corrected chi connectivity index (χ2v) is 11.7. The Bertz CT molecular complexity index is 952. The molecule has 3 fully saturated rings. The Morgan fingerprint density at radius 3 is 2.51 bits per heavy atom. The van der Waals surface area contributed by atoms with Gasteiger partial charge in [0.1, 0.15) is 6.04 Å².